The molecule has 1 aromatic carbocycles. The fourth-order valence-corrected chi connectivity index (χ4v) is 3.15. The number of aryl methyl sites for hydroxylation is 2. The summed E-state index contributed by atoms with van der Waals surface area (Å²) < 4.78 is 1.83. The van der Waals surface area contributed by atoms with Crippen molar-refractivity contribution in [2.24, 2.45) is 7.05 Å². The van der Waals surface area contributed by atoms with Gasteiger partial charge in [0, 0.05) is 17.7 Å². The zero-order chi connectivity index (χ0) is 13.1. The largest absolute Gasteiger partial charge is 0.508 e. The normalized spacial score (nSPS) is 10.8. The first-order valence-electron chi connectivity index (χ1n) is 5.74. The molecular weight excluding hydrogens is 268 g/mol. The Balaban J connectivity index is 2.13. The van der Waals surface area contributed by atoms with Gasteiger partial charge in [0.1, 0.15) is 5.75 Å². The molecule has 5 heteroatoms. The molecule has 3 nitrogen and oxygen atoms in total. The molecule has 2 rings (SSSR count). The van der Waals surface area contributed by atoms with Crippen LogP contribution < -0.4 is 0 Å². The quantitative estimate of drug-likeness (QED) is 0.870. The molecule has 0 bridgehead atoms. The number of rotatable bonds is 4. The van der Waals surface area contributed by atoms with Gasteiger partial charge in [-0.25, -0.2) is 0 Å². The summed E-state index contributed by atoms with van der Waals surface area (Å²) in [7, 11) is 1.91. The monoisotopic (exact) mass is 282 g/mol. The van der Waals surface area contributed by atoms with E-state index in [4.69, 9.17) is 11.6 Å². The highest BCUT2D eigenvalue weighted by molar-refractivity contribution is 7.98. The third-order valence-electron chi connectivity index (χ3n) is 2.70. The van der Waals surface area contributed by atoms with Crippen LogP contribution in [0.15, 0.2) is 29.2 Å². The van der Waals surface area contributed by atoms with E-state index in [0.29, 0.717) is 0 Å². The van der Waals surface area contributed by atoms with Gasteiger partial charge >= 0.3 is 0 Å². The lowest BCUT2D eigenvalue weighted by atomic mass is 10.3. The average molecular weight is 283 g/mol. The summed E-state index contributed by atoms with van der Waals surface area (Å²) in [5.41, 5.74) is 1.95. The van der Waals surface area contributed by atoms with Gasteiger partial charge in [-0.15, -0.1) is 11.8 Å². The molecule has 0 saturated carbocycles. The van der Waals surface area contributed by atoms with Gasteiger partial charge in [-0.2, -0.15) is 5.10 Å². The lowest BCUT2D eigenvalue weighted by molar-refractivity contribution is 0.474. The SMILES string of the molecule is CCc1nn(C)c(CSc2cccc(O)c2)c1Cl. The standard InChI is InChI=1S/C13H15ClN2OS/c1-3-11-13(14)12(16(2)15-11)8-18-10-6-4-5-9(17)7-10/h4-7,17H,3,8H2,1-2H3. The van der Waals surface area contributed by atoms with E-state index in [0.717, 1.165) is 33.5 Å². The number of hydrogen-bond donors (Lipinski definition) is 1. The van der Waals surface area contributed by atoms with Crippen molar-refractivity contribution in [1.29, 1.82) is 0 Å². The Bertz CT molecular complexity index is 554. The summed E-state index contributed by atoms with van der Waals surface area (Å²) in [6.07, 6.45) is 0.837. The predicted octanol–water partition coefficient (Wildman–Crippen LogP) is 3.63. The highest BCUT2D eigenvalue weighted by Crippen LogP contribution is 2.29. The van der Waals surface area contributed by atoms with E-state index in [-0.39, 0.29) is 5.75 Å². The maximum atomic E-state index is 9.40. The van der Waals surface area contributed by atoms with E-state index in [1.54, 1.807) is 23.9 Å². The second kappa shape index (κ2) is 5.67. The Morgan fingerprint density at radius 2 is 2.22 bits per heavy atom. The highest BCUT2D eigenvalue weighted by Gasteiger charge is 2.12. The number of benzene rings is 1. The summed E-state index contributed by atoms with van der Waals surface area (Å²) in [5.74, 6) is 1.02. The van der Waals surface area contributed by atoms with E-state index in [1.165, 1.54) is 0 Å². The van der Waals surface area contributed by atoms with E-state index >= 15 is 0 Å². The molecule has 0 fully saturated rings. The van der Waals surface area contributed by atoms with Gasteiger partial charge in [0.05, 0.1) is 16.4 Å². The molecule has 0 aliphatic carbocycles. The van der Waals surface area contributed by atoms with Crippen LogP contribution in [-0.4, -0.2) is 14.9 Å². The van der Waals surface area contributed by atoms with Crippen molar-refractivity contribution in [3.63, 3.8) is 0 Å². The molecule has 1 heterocycles. The van der Waals surface area contributed by atoms with Crippen LogP contribution >= 0.6 is 23.4 Å². The molecule has 1 aromatic heterocycles. The molecule has 0 spiro atoms. The van der Waals surface area contributed by atoms with Gasteiger partial charge in [-0.05, 0) is 24.6 Å². The summed E-state index contributed by atoms with van der Waals surface area (Å²) >= 11 is 7.92. The molecule has 0 aliphatic rings. The van der Waals surface area contributed by atoms with Crippen molar-refractivity contribution in [1.82, 2.24) is 9.78 Å². The van der Waals surface area contributed by atoms with E-state index in [9.17, 15) is 5.11 Å². The van der Waals surface area contributed by atoms with E-state index < -0.39 is 0 Å². The van der Waals surface area contributed by atoms with Crippen molar-refractivity contribution in [3.8, 4) is 5.75 Å². The number of aromatic hydroxyl groups is 1. The fraction of sp³-hybridized carbons (Fsp3) is 0.308. The second-order valence-electron chi connectivity index (χ2n) is 3.97. The summed E-state index contributed by atoms with van der Waals surface area (Å²) in [4.78, 5) is 1.02. The van der Waals surface area contributed by atoms with Crippen molar-refractivity contribution in [2.75, 3.05) is 0 Å². The maximum Gasteiger partial charge on any atom is 0.116 e. The molecule has 2 aromatic rings. The zero-order valence-corrected chi connectivity index (χ0v) is 11.9. The number of hydrogen-bond acceptors (Lipinski definition) is 3. The Morgan fingerprint density at radius 1 is 1.44 bits per heavy atom. The number of phenolic OH excluding ortho intramolecular Hbond substituents is 1. The Hall–Kier alpha value is -1.13. The molecule has 18 heavy (non-hydrogen) atoms. The molecular formula is C13H15ClN2OS. The van der Waals surface area contributed by atoms with Crippen LogP contribution in [0.1, 0.15) is 18.3 Å². The number of halogens is 1. The number of thioether (sulfide) groups is 1. The smallest absolute Gasteiger partial charge is 0.116 e. The molecule has 0 radical (unpaired) electrons. The molecule has 0 aliphatic heterocycles. The Kier molecular flexibility index (Phi) is 4.19. The molecule has 0 saturated heterocycles. The first-order chi connectivity index (χ1) is 8.61. The number of phenols is 1. The van der Waals surface area contributed by atoms with Gasteiger partial charge in [0.2, 0.25) is 0 Å². The van der Waals surface area contributed by atoms with Crippen LogP contribution in [0.4, 0.5) is 0 Å². The van der Waals surface area contributed by atoms with E-state index in [2.05, 4.69) is 5.10 Å². The summed E-state index contributed by atoms with van der Waals surface area (Å²) in [6, 6.07) is 7.21. The first kappa shape index (κ1) is 13.3. The van der Waals surface area contributed by atoms with Gasteiger partial charge in [0.25, 0.3) is 0 Å². The summed E-state index contributed by atoms with van der Waals surface area (Å²) in [6.45, 7) is 2.04. The second-order valence-corrected chi connectivity index (χ2v) is 5.40. The van der Waals surface area contributed by atoms with Crippen LogP contribution in [0, 0.1) is 0 Å². The first-order valence-corrected chi connectivity index (χ1v) is 7.10. The van der Waals surface area contributed by atoms with Crippen LogP contribution in [-0.2, 0) is 19.2 Å². The van der Waals surface area contributed by atoms with Crippen LogP contribution in [0.2, 0.25) is 5.02 Å². The zero-order valence-electron chi connectivity index (χ0n) is 10.4. The molecule has 1 N–H and O–H groups in total. The summed E-state index contributed by atoms with van der Waals surface area (Å²) in [5, 5.41) is 14.5. The van der Waals surface area contributed by atoms with Crippen molar-refractivity contribution < 1.29 is 5.11 Å². The lowest BCUT2D eigenvalue weighted by Gasteiger charge is -2.03. The van der Waals surface area contributed by atoms with Crippen LogP contribution in [0.25, 0.3) is 0 Å². The lowest BCUT2D eigenvalue weighted by Crippen LogP contribution is -1.96. The third-order valence-corrected chi connectivity index (χ3v) is 4.14. The minimum absolute atomic E-state index is 0.283. The Labute approximate surface area is 116 Å². The van der Waals surface area contributed by atoms with E-state index in [1.807, 2.05) is 30.8 Å². The molecule has 96 valence electrons. The number of aromatic nitrogens is 2. The highest BCUT2D eigenvalue weighted by atomic mass is 35.5. The van der Waals surface area contributed by atoms with Gasteiger partial charge in [-0.1, -0.05) is 24.6 Å². The minimum Gasteiger partial charge on any atom is -0.508 e. The Morgan fingerprint density at radius 3 is 2.83 bits per heavy atom. The maximum absolute atomic E-state index is 9.40. The van der Waals surface area contributed by atoms with Crippen LogP contribution in [0.3, 0.4) is 0 Å². The third kappa shape index (κ3) is 2.82. The van der Waals surface area contributed by atoms with Gasteiger partial charge < -0.3 is 5.11 Å². The molecule has 0 atom stereocenters. The minimum atomic E-state index is 0.283. The van der Waals surface area contributed by atoms with Gasteiger partial charge in [-0.3, -0.25) is 4.68 Å². The fourth-order valence-electron chi connectivity index (χ4n) is 1.70. The topological polar surface area (TPSA) is 38.0 Å². The van der Waals surface area contributed by atoms with Crippen molar-refractivity contribution in [3.05, 3.63) is 40.7 Å². The molecule has 0 unspecified atom stereocenters. The molecule has 0 amide bonds. The average Bonchev–Trinajstić information content (AvgIpc) is 2.62. The van der Waals surface area contributed by atoms with Crippen LogP contribution in [0.5, 0.6) is 5.75 Å². The predicted molar refractivity (Wildman–Crippen MR) is 75.3 cm³/mol. The van der Waals surface area contributed by atoms with Crippen molar-refractivity contribution in [2.45, 2.75) is 24.0 Å². The number of nitrogens with zero attached hydrogens (tertiary/aromatic N) is 2. The van der Waals surface area contributed by atoms with Gasteiger partial charge in [0.15, 0.2) is 0 Å². The van der Waals surface area contributed by atoms with Crippen molar-refractivity contribution >= 4 is 23.4 Å².